The van der Waals surface area contributed by atoms with Crippen LogP contribution in [0.3, 0.4) is 0 Å². The van der Waals surface area contributed by atoms with Crippen LogP contribution in [-0.2, 0) is 11.3 Å². The average molecular weight is 389 g/mol. The van der Waals surface area contributed by atoms with Gasteiger partial charge in [0.2, 0.25) is 5.91 Å². The molecule has 27 heavy (non-hydrogen) atoms. The van der Waals surface area contributed by atoms with E-state index >= 15 is 0 Å². The van der Waals surface area contributed by atoms with Gasteiger partial charge in [0.1, 0.15) is 16.9 Å². The van der Waals surface area contributed by atoms with E-state index in [0.717, 1.165) is 16.9 Å². The SMILES string of the molecule is COc1ccccc1CN1C(=O)CSC1c1cc(OC)c(OC)cc1OC. The summed E-state index contributed by atoms with van der Waals surface area (Å²) >= 11 is 1.57. The molecule has 2 aromatic carbocycles. The van der Waals surface area contributed by atoms with E-state index in [2.05, 4.69) is 0 Å². The van der Waals surface area contributed by atoms with E-state index in [4.69, 9.17) is 18.9 Å². The Kier molecular flexibility index (Phi) is 6.01. The second-order valence-corrected chi connectivity index (χ2v) is 7.01. The first-order valence-corrected chi connectivity index (χ1v) is 9.50. The first-order valence-electron chi connectivity index (χ1n) is 8.45. The lowest BCUT2D eigenvalue weighted by atomic mass is 10.1. The molecule has 1 atom stereocenters. The van der Waals surface area contributed by atoms with Gasteiger partial charge in [-0.2, -0.15) is 0 Å². The van der Waals surface area contributed by atoms with E-state index < -0.39 is 0 Å². The Morgan fingerprint density at radius 3 is 2.22 bits per heavy atom. The summed E-state index contributed by atoms with van der Waals surface area (Å²) in [6.45, 7) is 0.456. The van der Waals surface area contributed by atoms with E-state index in [-0.39, 0.29) is 11.3 Å². The molecule has 6 nitrogen and oxygen atoms in total. The van der Waals surface area contributed by atoms with E-state index in [9.17, 15) is 4.79 Å². The smallest absolute Gasteiger partial charge is 0.234 e. The van der Waals surface area contributed by atoms with Gasteiger partial charge in [0, 0.05) is 17.2 Å². The Balaban J connectivity index is 1.99. The number of hydrogen-bond donors (Lipinski definition) is 0. The lowest BCUT2D eigenvalue weighted by molar-refractivity contribution is -0.128. The number of ether oxygens (including phenoxy) is 4. The standard InChI is InChI=1S/C20H23NO5S/c1-23-15-8-6-5-7-13(15)11-21-19(22)12-27-20(21)14-9-17(25-3)18(26-4)10-16(14)24-2/h5-10,20H,11-12H2,1-4H3. The van der Waals surface area contributed by atoms with Crippen molar-refractivity contribution in [2.24, 2.45) is 0 Å². The maximum absolute atomic E-state index is 12.6. The molecule has 1 aliphatic heterocycles. The van der Waals surface area contributed by atoms with Crippen molar-refractivity contribution >= 4 is 17.7 Å². The molecule has 1 saturated heterocycles. The van der Waals surface area contributed by atoms with Gasteiger partial charge in [0.05, 0.1) is 40.7 Å². The number of hydrogen-bond acceptors (Lipinski definition) is 6. The molecule has 2 aromatic rings. The van der Waals surface area contributed by atoms with Crippen molar-refractivity contribution in [3.8, 4) is 23.0 Å². The van der Waals surface area contributed by atoms with Crippen LogP contribution >= 0.6 is 11.8 Å². The second-order valence-electron chi connectivity index (χ2n) is 5.95. The zero-order valence-electron chi connectivity index (χ0n) is 15.9. The molecule has 3 rings (SSSR count). The first-order chi connectivity index (χ1) is 13.1. The van der Waals surface area contributed by atoms with Gasteiger partial charge in [-0.05, 0) is 12.1 Å². The summed E-state index contributed by atoms with van der Waals surface area (Å²) in [6.07, 6.45) is 0. The third kappa shape index (κ3) is 3.78. The summed E-state index contributed by atoms with van der Waals surface area (Å²) in [5, 5.41) is -0.183. The van der Waals surface area contributed by atoms with Crippen molar-refractivity contribution in [3.05, 3.63) is 47.5 Å². The summed E-state index contributed by atoms with van der Waals surface area (Å²) in [5.74, 6) is 3.10. The van der Waals surface area contributed by atoms with Crippen LogP contribution in [0.5, 0.6) is 23.0 Å². The highest BCUT2D eigenvalue weighted by Gasteiger charge is 2.35. The van der Waals surface area contributed by atoms with Gasteiger partial charge in [-0.15, -0.1) is 11.8 Å². The van der Waals surface area contributed by atoms with Crippen molar-refractivity contribution in [2.45, 2.75) is 11.9 Å². The lowest BCUT2D eigenvalue weighted by Crippen LogP contribution is -2.28. The van der Waals surface area contributed by atoms with Gasteiger partial charge >= 0.3 is 0 Å². The maximum atomic E-state index is 12.6. The van der Waals surface area contributed by atoms with Crippen LogP contribution < -0.4 is 18.9 Å². The summed E-state index contributed by atoms with van der Waals surface area (Å²) in [4.78, 5) is 14.4. The molecule has 0 aliphatic carbocycles. The molecular formula is C20H23NO5S. The van der Waals surface area contributed by atoms with Crippen LogP contribution in [0.25, 0.3) is 0 Å². The number of carbonyl (C=O) groups excluding carboxylic acids is 1. The molecule has 0 saturated carbocycles. The molecule has 1 aliphatic rings. The third-order valence-electron chi connectivity index (χ3n) is 4.50. The van der Waals surface area contributed by atoms with Crippen molar-refractivity contribution in [1.29, 1.82) is 0 Å². The van der Waals surface area contributed by atoms with Gasteiger partial charge in [-0.25, -0.2) is 0 Å². The van der Waals surface area contributed by atoms with E-state index in [1.165, 1.54) is 0 Å². The van der Waals surface area contributed by atoms with Gasteiger partial charge in [0.15, 0.2) is 11.5 Å². The van der Waals surface area contributed by atoms with Crippen molar-refractivity contribution in [1.82, 2.24) is 4.90 Å². The molecule has 0 spiro atoms. The van der Waals surface area contributed by atoms with Crippen molar-refractivity contribution < 1.29 is 23.7 Å². The minimum atomic E-state index is -0.183. The van der Waals surface area contributed by atoms with E-state index in [0.29, 0.717) is 29.5 Å². The quantitative estimate of drug-likeness (QED) is 0.723. The van der Waals surface area contributed by atoms with Crippen LogP contribution in [0.15, 0.2) is 36.4 Å². The molecule has 0 aromatic heterocycles. The fourth-order valence-corrected chi connectivity index (χ4v) is 4.35. The molecule has 0 bridgehead atoms. The molecule has 1 amide bonds. The number of thioether (sulfide) groups is 1. The molecule has 144 valence electrons. The van der Waals surface area contributed by atoms with Gasteiger partial charge in [0.25, 0.3) is 0 Å². The predicted molar refractivity (Wildman–Crippen MR) is 105 cm³/mol. The number of amides is 1. The van der Waals surface area contributed by atoms with Crippen molar-refractivity contribution in [2.75, 3.05) is 34.2 Å². The number of carbonyl (C=O) groups is 1. The van der Waals surface area contributed by atoms with Gasteiger partial charge in [-0.1, -0.05) is 18.2 Å². The predicted octanol–water partition coefficient (Wildman–Crippen LogP) is 3.50. The van der Waals surface area contributed by atoms with Crippen LogP contribution in [0.4, 0.5) is 0 Å². The summed E-state index contributed by atoms with van der Waals surface area (Å²) in [6, 6.07) is 11.4. The van der Waals surface area contributed by atoms with Crippen LogP contribution in [0.1, 0.15) is 16.5 Å². The third-order valence-corrected chi connectivity index (χ3v) is 5.74. The minimum Gasteiger partial charge on any atom is -0.496 e. The van der Waals surface area contributed by atoms with Crippen molar-refractivity contribution in [3.63, 3.8) is 0 Å². The topological polar surface area (TPSA) is 57.2 Å². The fraction of sp³-hybridized carbons (Fsp3) is 0.350. The molecule has 0 N–H and O–H groups in total. The number of nitrogens with zero attached hydrogens (tertiary/aromatic N) is 1. The lowest BCUT2D eigenvalue weighted by Gasteiger charge is -2.27. The normalized spacial score (nSPS) is 16.4. The largest absolute Gasteiger partial charge is 0.496 e. The highest BCUT2D eigenvalue weighted by Crippen LogP contribution is 2.47. The molecule has 0 radical (unpaired) electrons. The Hall–Kier alpha value is -2.54. The number of rotatable bonds is 7. The molecule has 7 heteroatoms. The van der Waals surface area contributed by atoms with E-state index in [1.807, 2.05) is 35.2 Å². The fourth-order valence-electron chi connectivity index (χ4n) is 3.15. The van der Waals surface area contributed by atoms with Crippen LogP contribution in [-0.4, -0.2) is 45.0 Å². The van der Waals surface area contributed by atoms with Gasteiger partial charge in [-0.3, -0.25) is 4.79 Å². The summed E-state index contributed by atoms with van der Waals surface area (Å²) < 4.78 is 21.8. The summed E-state index contributed by atoms with van der Waals surface area (Å²) in [7, 11) is 6.41. The Labute approximate surface area is 163 Å². The number of para-hydroxylation sites is 1. The van der Waals surface area contributed by atoms with Gasteiger partial charge < -0.3 is 23.8 Å². The Morgan fingerprint density at radius 2 is 1.56 bits per heavy atom. The Morgan fingerprint density at radius 1 is 0.926 bits per heavy atom. The highest BCUT2D eigenvalue weighted by atomic mass is 32.2. The maximum Gasteiger partial charge on any atom is 0.234 e. The second kappa shape index (κ2) is 8.43. The zero-order chi connectivity index (χ0) is 19.4. The summed E-state index contributed by atoms with van der Waals surface area (Å²) in [5.41, 5.74) is 1.83. The molecule has 1 heterocycles. The first kappa shape index (κ1) is 19.2. The molecule has 1 fully saturated rings. The zero-order valence-corrected chi connectivity index (χ0v) is 16.7. The highest BCUT2D eigenvalue weighted by molar-refractivity contribution is 8.00. The minimum absolute atomic E-state index is 0.0766. The van der Waals surface area contributed by atoms with Crippen LogP contribution in [0.2, 0.25) is 0 Å². The van der Waals surface area contributed by atoms with E-state index in [1.54, 1.807) is 46.3 Å². The Bertz CT molecular complexity index is 826. The number of benzene rings is 2. The molecule has 1 unspecified atom stereocenters. The van der Waals surface area contributed by atoms with Crippen LogP contribution in [0, 0.1) is 0 Å². The monoisotopic (exact) mass is 389 g/mol. The average Bonchev–Trinajstić information content (AvgIpc) is 3.07. The number of methoxy groups -OCH3 is 4. The molecular weight excluding hydrogens is 366 g/mol.